The molecule has 0 spiro atoms. The molecule has 1 unspecified atom stereocenters. The average Bonchev–Trinajstić information content (AvgIpc) is 2.83. The fraction of sp³-hybridized carbons (Fsp3) is 0.692. The van der Waals surface area contributed by atoms with Crippen molar-refractivity contribution in [3.63, 3.8) is 0 Å². The average molecular weight is 366 g/mol. The Balaban J connectivity index is 2.26. The van der Waals surface area contributed by atoms with Gasteiger partial charge in [0.25, 0.3) is 0 Å². The number of hydrogen-bond acceptors (Lipinski definition) is 3. The molecule has 2 rings (SSSR count). The highest BCUT2D eigenvalue weighted by Gasteiger charge is 2.38. The Kier molecular flexibility index (Phi) is 4.18. The summed E-state index contributed by atoms with van der Waals surface area (Å²) in [5, 5.41) is 0. The summed E-state index contributed by atoms with van der Waals surface area (Å²) < 4.78 is 27.8. The van der Waals surface area contributed by atoms with Gasteiger partial charge < -0.3 is 0 Å². The molecule has 19 heavy (non-hydrogen) atoms. The van der Waals surface area contributed by atoms with E-state index in [4.69, 9.17) is 0 Å². The third-order valence-electron chi connectivity index (χ3n) is 3.84. The Morgan fingerprint density at radius 3 is 2.47 bits per heavy atom. The van der Waals surface area contributed by atoms with Crippen LogP contribution in [0.15, 0.2) is 14.7 Å². The quantitative estimate of drug-likeness (QED) is 0.797. The fourth-order valence-electron chi connectivity index (χ4n) is 2.48. The molecule has 0 aliphatic carbocycles. The normalized spacial score (nSPS) is 22.1. The topological polar surface area (TPSA) is 37.4 Å². The lowest BCUT2D eigenvalue weighted by molar-refractivity contribution is 0.252. The first-order valence-electron chi connectivity index (χ1n) is 6.38. The second kappa shape index (κ2) is 5.13. The van der Waals surface area contributed by atoms with Gasteiger partial charge in [0.1, 0.15) is 0 Å². The molecule has 0 saturated carbocycles. The molecule has 1 aliphatic heterocycles. The molecule has 1 aliphatic rings. The Morgan fingerprint density at radius 1 is 1.42 bits per heavy atom. The highest BCUT2D eigenvalue weighted by molar-refractivity contribution is 9.11. The summed E-state index contributed by atoms with van der Waals surface area (Å²) in [6.07, 6.45) is 0.951. The zero-order valence-corrected chi connectivity index (χ0v) is 15.0. The fourth-order valence-corrected chi connectivity index (χ4v) is 6.36. The van der Waals surface area contributed by atoms with Gasteiger partial charge in [0.05, 0.1) is 8.68 Å². The molecular formula is C13H20BrNO2S2. The van der Waals surface area contributed by atoms with Crippen molar-refractivity contribution in [2.24, 2.45) is 11.3 Å². The number of hydrogen-bond donors (Lipinski definition) is 0. The van der Waals surface area contributed by atoms with E-state index in [2.05, 4.69) is 36.7 Å². The van der Waals surface area contributed by atoms with Gasteiger partial charge >= 0.3 is 0 Å². The predicted octanol–water partition coefficient (Wildman–Crippen LogP) is 3.88. The molecule has 0 bridgehead atoms. The first kappa shape index (κ1) is 15.5. The van der Waals surface area contributed by atoms with Gasteiger partial charge in [-0.05, 0) is 46.7 Å². The Morgan fingerprint density at radius 2 is 2.05 bits per heavy atom. The summed E-state index contributed by atoms with van der Waals surface area (Å²) in [4.78, 5) is 1.31. The zero-order chi connectivity index (χ0) is 14.4. The van der Waals surface area contributed by atoms with E-state index in [1.54, 1.807) is 10.4 Å². The first-order chi connectivity index (χ1) is 8.62. The molecule has 1 saturated heterocycles. The van der Waals surface area contributed by atoms with Crippen LogP contribution in [-0.2, 0) is 10.0 Å². The molecular weight excluding hydrogens is 346 g/mol. The van der Waals surface area contributed by atoms with Gasteiger partial charge in [0.2, 0.25) is 10.0 Å². The highest BCUT2D eigenvalue weighted by Crippen LogP contribution is 2.38. The van der Waals surface area contributed by atoms with Crippen LogP contribution in [-0.4, -0.2) is 25.8 Å². The van der Waals surface area contributed by atoms with Gasteiger partial charge in [-0.1, -0.05) is 20.8 Å². The third kappa shape index (κ3) is 3.06. The van der Waals surface area contributed by atoms with Gasteiger partial charge in [0.15, 0.2) is 0 Å². The molecule has 1 fully saturated rings. The molecule has 0 aromatic carbocycles. The van der Waals surface area contributed by atoms with Crippen molar-refractivity contribution < 1.29 is 8.42 Å². The van der Waals surface area contributed by atoms with E-state index >= 15 is 0 Å². The molecule has 108 valence electrons. The maximum Gasteiger partial charge on any atom is 0.244 e. The van der Waals surface area contributed by atoms with Crippen LogP contribution in [0, 0.1) is 18.3 Å². The van der Waals surface area contributed by atoms with Crippen LogP contribution in [0.25, 0.3) is 0 Å². The lowest BCUT2D eigenvalue weighted by atomic mass is 9.80. The molecule has 1 aromatic rings. The number of aryl methyl sites for hydroxylation is 1. The number of halogens is 1. The molecule has 1 atom stereocenters. The van der Waals surface area contributed by atoms with E-state index in [0.29, 0.717) is 23.9 Å². The lowest BCUT2D eigenvalue weighted by Gasteiger charge is -2.26. The van der Waals surface area contributed by atoms with Crippen LogP contribution in [0.1, 0.15) is 32.1 Å². The summed E-state index contributed by atoms with van der Waals surface area (Å²) in [6.45, 7) is 9.68. The Labute approximate surface area is 128 Å². The molecule has 0 N–H and O–H groups in total. The van der Waals surface area contributed by atoms with Gasteiger partial charge in [0, 0.05) is 18.0 Å². The monoisotopic (exact) mass is 365 g/mol. The first-order valence-corrected chi connectivity index (χ1v) is 9.43. The van der Waals surface area contributed by atoms with E-state index < -0.39 is 10.0 Å². The van der Waals surface area contributed by atoms with Crippen LogP contribution in [0.5, 0.6) is 0 Å². The molecule has 0 radical (unpaired) electrons. The minimum Gasteiger partial charge on any atom is -0.207 e. The predicted molar refractivity (Wildman–Crippen MR) is 83.1 cm³/mol. The minimum absolute atomic E-state index is 0.161. The number of thiophene rings is 1. The highest BCUT2D eigenvalue weighted by atomic mass is 79.9. The maximum atomic E-state index is 12.7. The summed E-state index contributed by atoms with van der Waals surface area (Å²) in [7, 11) is -3.33. The second-order valence-electron chi connectivity index (χ2n) is 6.19. The summed E-state index contributed by atoms with van der Waals surface area (Å²) >= 11 is 4.84. The van der Waals surface area contributed by atoms with Crippen molar-refractivity contribution >= 4 is 37.3 Å². The van der Waals surface area contributed by atoms with Crippen LogP contribution in [0.2, 0.25) is 0 Å². The second-order valence-corrected chi connectivity index (χ2v) is 10.7. The summed E-state index contributed by atoms with van der Waals surface area (Å²) in [5.74, 6) is 0.435. The molecule has 3 nitrogen and oxygen atoms in total. The molecule has 6 heteroatoms. The Bertz CT molecular complexity index is 572. The van der Waals surface area contributed by atoms with Crippen LogP contribution >= 0.6 is 27.3 Å². The van der Waals surface area contributed by atoms with E-state index in [-0.39, 0.29) is 5.41 Å². The van der Waals surface area contributed by atoms with Crippen LogP contribution in [0.3, 0.4) is 0 Å². The number of rotatable bonds is 2. The zero-order valence-electron chi connectivity index (χ0n) is 11.7. The van der Waals surface area contributed by atoms with Gasteiger partial charge in [-0.15, -0.1) is 11.3 Å². The van der Waals surface area contributed by atoms with Crippen molar-refractivity contribution in [2.75, 3.05) is 13.1 Å². The number of sulfonamides is 1. The van der Waals surface area contributed by atoms with E-state index in [1.165, 1.54) is 11.3 Å². The number of nitrogens with zero attached hydrogens (tertiary/aromatic N) is 1. The third-order valence-corrected chi connectivity index (χ3v) is 7.51. The van der Waals surface area contributed by atoms with Crippen molar-refractivity contribution in [3.8, 4) is 0 Å². The van der Waals surface area contributed by atoms with Crippen molar-refractivity contribution in [1.29, 1.82) is 0 Å². The molecule has 1 aromatic heterocycles. The standard InChI is InChI=1S/C13H20BrNO2S2/c1-9-11(7-12(14)18-9)19(16,17)15-6-5-10(8-15)13(2,3)4/h7,10H,5-6,8H2,1-4H3. The maximum absolute atomic E-state index is 12.7. The van der Waals surface area contributed by atoms with Crippen molar-refractivity contribution in [1.82, 2.24) is 4.31 Å². The Hall–Kier alpha value is 0.0900. The van der Waals surface area contributed by atoms with Crippen LogP contribution < -0.4 is 0 Å². The largest absolute Gasteiger partial charge is 0.244 e. The smallest absolute Gasteiger partial charge is 0.207 e. The molecule has 2 heterocycles. The molecule has 0 amide bonds. The van der Waals surface area contributed by atoms with Gasteiger partial charge in [-0.2, -0.15) is 4.31 Å². The van der Waals surface area contributed by atoms with E-state index in [0.717, 1.165) is 15.1 Å². The minimum atomic E-state index is -3.33. The van der Waals surface area contributed by atoms with Crippen LogP contribution in [0.4, 0.5) is 0 Å². The van der Waals surface area contributed by atoms with Crippen molar-refractivity contribution in [3.05, 3.63) is 14.7 Å². The summed E-state index contributed by atoms with van der Waals surface area (Å²) in [5.41, 5.74) is 0.161. The summed E-state index contributed by atoms with van der Waals surface area (Å²) in [6, 6.07) is 1.72. The SMILES string of the molecule is Cc1sc(Br)cc1S(=O)(=O)N1CCC(C(C)(C)C)C1. The van der Waals surface area contributed by atoms with E-state index in [9.17, 15) is 8.42 Å². The van der Waals surface area contributed by atoms with Gasteiger partial charge in [-0.3, -0.25) is 0 Å². The lowest BCUT2D eigenvalue weighted by Crippen LogP contribution is -2.31. The van der Waals surface area contributed by atoms with E-state index in [1.807, 2.05) is 6.92 Å². The van der Waals surface area contributed by atoms with Crippen molar-refractivity contribution in [2.45, 2.75) is 39.0 Å². The van der Waals surface area contributed by atoms with Gasteiger partial charge in [-0.25, -0.2) is 8.42 Å².